The van der Waals surface area contributed by atoms with Crippen LogP contribution in [0.5, 0.6) is 0 Å². The Balaban J connectivity index is 1.24. The van der Waals surface area contributed by atoms with E-state index in [1.807, 2.05) is 39.0 Å². The summed E-state index contributed by atoms with van der Waals surface area (Å²) in [4.78, 5) is 43.8. The van der Waals surface area contributed by atoms with Gasteiger partial charge in [-0.25, -0.2) is 4.79 Å². The van der Waals surface area contributed by atoms with Crippen LogP contribution in [0.2, 0.25) is 5.02 Å². The zero-order valence-electron chi connectivity index (χ0n) is 22.1. The SMILES string of the molecule is CC(C)(C)[C@@H](OC(N)=O)C(=O)N1CCC2(CC1)CC(CCN1CCN(c3cccc(Cl)c3)CC1)OC2=O. The molecule has 2 N–H and O–H groups in total. The molecule has 3 fully saturated rings. The monoisotopic (exact) mass is 534 g/mol. The highest BCUT2D eigenvalue weighted by molar-refractivity contribution is 6.30. The van der Waals surface area contributed by atoms with E-state index in [9.17, 15) is 14.4 Å². The molecule has 3 aliphatic heterocycles. The molecule has 1 aromatic rings. The van der Waals surface area contributed by atoms with Gasteiger partial charge >= 0.3 is 12.1 Å². The lowest BCUT2D eigenvalue weighted by molar-refractivity contribution is -0.156. The summed E-state index contributed by atoms with van der Waals surface area (Å²) in [6.45, 7) is 11.0. The molecule has 3 aliphatic rings. The second-order valence-electron chi connectivity index (χ2n) is 11.6. The van der Waals surface area contributed by atoms with Crippen LogP contribution in [0.25, 0.3) is 0 Å². The van der Waals surface area contributed by atoms with E-state index in [-0.39, 0.29) is 18.0 Å². The van der Waals surface area contributed by atoms with Crippen molar-refractivity contribution in [1.29, 1.82) is 0 Å². The van der Waals surface area contributed by atoms with E-state index in [4.69, 9.17) is 26.8 Å². The average molecular weight is 535 g/mol. The molecule has 10 heteroatoms. The average Bonchev–Trinajstić information content (AvgIpc) is 3.15. The Morgan fingerprint density at radius 3 is 2.43 bits per heavy atom. The second-order valence-corrected chi connectivity index (χ2v) is 12.1. The van der Waals surface area contributed by atoms with Crippen LogP contribution in [0.4, 0.5) is 10.5 Å². The smallest absolute Gasteiger partial charge is 0.405 e. The highest BCUT2D eigenvalue weighted by Gasteiger charge is 2.51. The van der Waals surface area contributed by atoms with Crippen molar-refractivity contribution in [3.05, 3.63) is 29.3 Å². The first kappa shape index (κ1) is 27.5. The van der Waals surface area contributed by atoms with Gasteiger partial charge in [-0.15, -0.1) is 0 Å². The molecule has 0 radical (unpaired) electrons. The Morgan fingerprint density at radius 1 is 1.16 bits per heavy atom. The summed E-state index contributed by atoms with van der Waals surface area (Å²) in [5.41, 5.74) is 5.24. The molecule has 3 saturated heterocycles. The van der Waals surface area contributed by atoms with Gasteiger partial charge in [0.05, 0.1) is 5.41 Å². The number of carbonyl (C=O) groups is 3. The Morgan fingerprint density at radius 2 is 1.84 bits per heavy atom. The Kier molecular flexibility index (Phi) is 8.23. The summed E-state index contributed by atoms with van der Waals surface area (Å²) in [6.07, 6.45) is 0.597. The summed E-state index contributed by atoms with van der Waals surface area (Å²) in [5.74, 6) is -0.405. The number of amides is 2. The fraction of sp³-hybridized carbons (Fsp3) is 0.667. The Labute approximate surface area is 224 Å². The van der Waals surface area contributed by atoms with Crippen molar-refractivity contribution < 1.29 is 23.9 Å². The molecule has 1 aromatic carbocycles. The highest BCUT2D eigenvalue weighted by atomic mass is 35.5. The van der Waals surface area contributed by atoms with Crippen LogP contribution in [0.3, 0.4) is 0 Å². The molecule has 2 atom stereocenters. The molecule has 0 aromatic heterocycles. The molecule has 0 bridgehead atoms. The van der Waals surface area contributed by atoms with Crippen LogP contribution in [-0.2, 0) is 19.1 Å². The van der Waals surface area contributed by atoms with Gasteiger partial charge in [0.25, 0.3) is 5.91 Å². The molecule has 0 aliphatic carbocycles. The number of primary amides is 1. The minimum absolute atomic E-state index is 0.0961. The van der Waals surface area contributed by atoms with Gasteiger partial charge in [0.1, 0.15) is 6.10 Å². The number of halogens is 1. The first-order valence-corrected chi connectivity index (χ1v) is 13.5. The number of ether oxygens (including phenoxy) is 2. The van der Waals surface area contributed by atoms with Gasteiger partial charge in [-0.2, -0.15) is 0 Å². The van der Waals surface area contributed by atoms with E-state index in [0.29, 0.717) is 32.4 Å². The molecular weight excluding hydrogens is 496 g/mol. The molecule has 9 nitrogen and oxygen atoms in total. The highest BCUT2D eigenvalue weighted by Crippen LogP contribution is 2.44. The van der Waals surface area contributed by atoms with Crippen LogP contribution < -0.4 is 10.6 Å². The normalized spacial score (nSPS) is 23.1. The van der Waals surface area contributed by atoms with E-state index in [1.54, 1.807) is 4.90 Å². The summed E-state index contributed by atoms with van der Waals surface area (Å²) in [5, 5.41) is 0.750. The maximum absolute atomic E-state index is 13.1. The van der Waals surface area contributed by atoms with Crippen molar-refractivity contribution >= 4 is 35.3 Å². The van der Waals surface area contributed by atoms with Crippen molar-refractivity contribution in [2.24, 2.45) is 16.6 Å². The van der Waals surface area contributed by atoms with Crippen LogP contribution in [0, 0.1) is 10.8 Å². The third kappa shape index (κ3) is 6.49. The van der Waals surface area contributed by atoms with Gasteiger partial charge in [0.15, 0.2) is 6.10 Å². The number of esters is 1. The number of piperidine rings is 1. The quantitative estimate of drug-likeness (QED) is 0.558. The van der Waals surface area contributed by atoms with Crippen molar-refractivity contribution in [2.45, 2.75) is 58.7 Å². The Bertz CT molecular complexity index is 997. The molecule has 3 heterocycles. The predicted octanol–water partition coefficient (Wildman–Crippen LogP) is 3.29. The fourth-order valence-electron chi connectivity index (χ4n) is 5.67. The van der Waals surface area contributed by atoms with E-state index in [0.717, 1.165) is 49.9 Å². The number of hydrogen-bond donors (Lipinski definition) is 1. The summed E-state index contributed by atoms with van der Waals surface area (Å²) >= 11 is 6.14. The number of cyclic esters (lactones) is 1. The first-order valence-electron chi connectivity index (χ1n) is 13.2. The third-order valence-corrected chi connectivity index (χ3v) is 8.15. The van der Waals surface area contributed by atoms with Crippen molar-refractivity contribution in [1.82, 2.24) is 9.80 Å². The lowest BCUT2D eigenvalue weighted by Crippen LogP contribution is -2.52. The van der Waals surface area contributed by atoms with Crippen LogP contribution in [0.15, 0.2) is 24.3 Å². The minimum atomic E-state index is -0.963. The predicted molar refractivity (Wildman–Crippen MR) is 141 cm³/mol. The largest absolute Gasteiger partial charge is 0.462 e. The van der Waals surface area contributed by atoms with Gasteiger partial charge < -0.3 is 25.0 Å². The number of nitrogens with zero attached hydrogens (tertiary/aromatic N) is 3. The van der Waals surface area contributed by atoms with E-state index in [2.05, 4.69) is 15.9 Å². The number of nitrogens with two attached hydrogens (primary N) is 1. The molecule has 1 unspecified atom stereocenters. The number of anilines is 1. The molecule has 1 spiro atoms. The number of benzene rings is 1. The number of carbonyl (C=O) groups excluding carboxylic acids is 3. The number of rotatable bonds is 6. The van der Waals surface area contributed by atoms with Gasteiger partial charge in [-0.05, 0) is 37.5 Å². The first-order chi connectivity index (χ1) is 17.5. The van der Waals surface area contributed by atoms with Gasteiger partial charge in [0.2, 0.25) is 0 Å². The van der Waals surface area contributed by atoms with E-state index < -0.39 is 23.0 Å². The van der Waals surface area contributed by atoms with Gasteiger partial charge in [0, 0.05) is 68.4 Å². The molecule has 0 saturated carbocycles. The van der Waals surface area contributed by atoms with Crippen molar-refractivity contribution in [3.63, 3.8) is 0 Å². The van der Waals surface area contributed by atoms with Crippen molar-refractivity contribution in [2.75, 3.05) is 50.7 Å². The zero-order chi connectivity index (χ0) is 26.8. The van der Waals surface area contributed by atoms with Gasteiger partial charge in [-0.1, -0.05) is 38.4 Å². The third-order valence-electron chi connectivity index (χ3n) is 7.92. The maximum Gasteiger partial charge on any atom is 0.405 e. The summed E-state index contributed by atoms with van der Waals surface area (Å²) in [6, 6.07) is 7.96. The van der Waals surface area contributed by atoms with Crippen LogP contribution >= 0.6 is 11.6 Å². The van der Waals surface area contributed by atoms with Crippen LogP contribution in [0.1, 0.15) is 46.5 Å². The molecular formula is C27H39ClN4O5. The standard InChI is InChI=1S/C27H39ClN4O5/c1-26(2,3)22(37-25(29)35)23(33)32-11-8-27(9-12-32)18-21(36-24(27)34)7-10-30-13-15-31(16-14-30)20-6-4-5-19(28)17-20/h4-6,17,21-22H,7-16,18H2,1-3H3,(H2,29,35)/t21?,22-/m0/s1. The number of piperazine rings is 1. The molecule has 204 valence electrons. The van der Waals surface area contributed by atoms with Crippen LogP contribution in [-0.4, -0.2) is 85.8 Å². The Hall–Kier alpha value is -2.52. The maximum atomic E-state index is 13.1. The number of likely N-dealkylation sites (tertiary alicyclic amines) is 1. The summed E-state index contributed by atoms with van der Waals surface area (Å²) < 4.78 is 11.0. The van der Waals surface area contributed by atoms with Gasteiger partial charge in [-0.3, -0.25) is 14.5 Å². The molecule has 37 heavy (non-hydrogen) atoms. The molecule has 4 rings (SSSR count). The van der Waals surface area contributed by atoms with E-state index >= 15 is 0 Å². The molecule has 2 amide bonds. The van der Waals surface area contributed by atoms with Crippen molar-refractivity contribution in [3.8, 4) is 0 Å². The lowest BCUT2D eigenvalue weighted by Gasteiger charge is -2.39. The minimum Gasteiger partial charge on any atom is -0.462 e. The summed E-state index contributed by atoms with van der Waals surface area (Å²) in [7, 11) is 0. The fourth-order valence-corrected chi connectivity index (χ4v) is 5.85. The second kappa shape index (κ2) is 11.1. The number of hydrogen-bond acceptors (Lipinski definition) is 7. The zero-order valence-corrected chi connectivity index (χ0v) is 22.8. The topological polar surface area (TPSA) is 105 Å². The van der Waals surface area contributed by atoms with E-state index in [1.165, 1.54) is 0 Å². The lowest BCUT2D eigenvalue weighted by atomic mass is 9.75.